The van der Waals surface area contributed by atoms with Gasteiger partial charge in [-0.1, -0.05) is 72.8 Å². The molecule has 0 spiro atoms. The summed E-state index contributed by atoms with van der Waals surface area (Å²) in [5.41, 5.74) is 1.37. The van der Waals surface area contributed by atoms with Gasteiger partial charge in [-0.3, -0.25) is 14.5 Å². The van der Waals surface area contributed by atoms with Crippen LogP contribution in [0.25, 0.3) is 0 Å². The zero-order chi connectivity index (χ0) is 43.7. The summed E-state index contributed by atoms with van der Waals surface area (Å²) in [6.45, 7) is 14.6. The van der Waals surface area contributed by atoms with Crippen LogP contribution < -0.4 is 14.4 Å². The maximum atomic E-state index is 16.5. The highest BCUT2D eigenvalue weighted by Gasteiger charge is 2.43. The molecule has 12 heteroatoms. The van der Waals surface area contributed by atoms with Crippen molar-refractivity contribution in [2.75, 3.05) is 57.9 Å². The lowest BCUT2D eigenvalue weighted by atomic mass is 9.84. The first kappa shape index (κ1) is 45.1. The molecule has 2 unspecified atom stereocenters. The van der Waals surface area contributed by atoms with Crippen LogP contribution in [0.15, 0.2) is 97.1 Å². The molecule has 0 N–H and O–H groups in total. The molecule has 61 heavy (non-hydrogen) atoms. The Bertz CT molecular complexity index is 2070. The van der Waals surface area contributed by atoms with E-state index in [1.807, 2.05) is 88.4 Å². The molecule has 1 saturated heterocycles. The number of ether oxygens (including phenoxy) is 4. The minimum atomic E-state index is -1.27. The van der Waals surface area contributed by atoms with E-state index in [1.54, 1.807) is 35.7 Å². The van der Waals surface area contributed by atoms with Gasteiger partial charge in [0.05, 0.1) is 23.9 Å². The van der Waals surface area contributed by atoms with Crippen molar-refractivity contribution >= 4 is 23.6 Å². The van der Waals surface area contributed by atoms with E-state index in [9.17, 15) is 14.4 Å². The summed E-state index contributed by atoms with van der Waals surface area (Å²) in [4.78, 5) is 49.7. The molecule has 2 heterocycles. The first-order valence-corrected chi connectivity index (χ1v) is 21.3. The number of benzene rings is 4. The molecule has 0 saturated carbocycles. The molecular weight excluding hydrogens is 776 g/mol. The Hall–Kier alpha value is -5.46. The summed E-state index contributed by atoms with van der Waals surface area (Å²) in [6, 6.07) is 30.3. The van der Waals surface area contributed by atoms with Gasteiger partial charge in [0, 0.05) is 77.9 Å². The number of hydrogen-bond donors (Lipinski definition) is 0. The summed E-state index contributed by atoms with van der Waals surface area (Å²) in [6.07, 6.45) is 0.783. The fourth-order valence-corrected chi connectivity index (χ4v) is 8.15. The number of carbonyl (C=O) groups excluding carboxylic acids is 3. The first-order chi connectivity index (χ1) is 29.2. The van der Waals surface area contributed by atoms with Crippen LogP contribution in [0.1, 0.15) is 87.4 Å². The van der Waals surface area contributed by atoms with Gasteiger partial charge >= 0.3 is 6.09 Å². The average Bonchev–Trinajstić information content (AvgIpc) is 3.23. The van der Waals surface area contributed by atoms with E-state index in [0.717, 1.165) is 23.1 Å². The van der Waals surface area contributed by atoms with E-state index in [1.165, 1.54) is 12.1 Å². The highest BCUT2D eigenvalue weighted by Crippen LogP contribution is 2.41. The molecular formula is C49H61FN4O7. The molecule has 2 aliphatic rings. The number of hydrogen-bond acceptors (Lipinski definition) is 8. The van der Waals surface area contributed by atoms with Crippen LogP contribution in [-0.4, -0.2) is 103 Å². The van der Waals surface area contributed by atoms with Crippen molar-refractivity contribution in [3.8, 4) is 11.5 Å². The Morgan fingerprint density at radius 1 is 0.918 bits per heavy atom. The topological polar surface area (TPSA) is 101 Å². The lowest BCUT2D eigenvalue weighted by molar-refractivity contribution is -0.132. The molecule has 0 aromatic heterocycles. The Morgan fingerprint density at radius 2 is 1.59 bits per heavy atom. The smallest absolute Gasteiger partial charge is 0.410 e. The molecule has 326 valence electrons. The van der Waals surface area contributed by atoms with Crippen LogP contribution in [0.3, 0.4) is 0 Å². The SMILES string of the molecule is CCN(C(=O)c1cc2c(cc1F)OC(C)(C)C(=O)N2CCN(Cc1ccccc1)Cc1ccccc1)C1CN(C(=O)OC(C)(C)C)CCC1c1cccc(OCCCOC)c1. The highest BCUT2D eigenvalue weighted by atomic mass is 19.1. The Balaban J connectivity index is 1.32. The molecule has 4 aromatic carbocycles. The molecule has 4 aromatic rings. The van der Waals surface area contributed by atoms with Crippen LogP contribution in [0.5, 0.6) is 11.5 Å². The van der Waals surface area contributed by atoms with Gasteiger partial charge in [-0.2, -0.15) is 0 Å². The maximum Gasteiger partial charge on any atom is 0.410 e. The number of rotatable bonds is 16. The minimum Gasteiger partial charge on any atom is -0.493 e. The third-order valence-electron chi connectivity index (χ3n) is 11.1. The quantitative estimate of drug-likeness (QED) is 0.103. The zero-order valence-corrected chi connectivity index (χ0v) is 36.7. The molecule has 0 bridgehead atoms. The van der Waals surface area contributed by atoms with Gasteiger partial charge in [-0.25, -0.2) is 9.18 Å². The lowest BCUT2D eigenvalue weighted by Crippen LogP contribution is -2.56. The maximum absolute atomic E-state index is 16.5. The van der Waals surface area contributed by atoms with E-state index in [-0.39, 0.29) is 42.8 Å². The fourth-order valence-electron chi connectivity index (χ4n) is 8.15. The monoisotopic (exact) mass is 836 g/mol. The van der Waals surface area contributed by atoms with Crippen molar-refractivity contribution in [3.05, 3.63) is 125 Å². The van der Waals surface area contributed by atoms with Crippen LogP contribution in [0.4, 0.5) is 14.9 Å². The van der Waals surface area contributed by atoms with Crippen molar-refractivity contribution in [1.29, 1.82) is 0 Å². The largest absolute Gasteiger partial charge is 0.493 e. The number of fused-ring (bicyclic) bond motifs is 1. The second-order valence-corrected chi connectivity index (χ2v) is 17.3. The molecule has 2 atom stereocenters. The van der Waals surface area contributed by atoms with Crippen molar-refractivity contribution < 1.29 is 37.7 Å². The van der Waals surface area contributed by atoms with Crippen LogP contribution in [0.2, 0.25) is 0 Å². The van der Waals surface area contributed by atoms with Gasteiger partial charge in [-0.15, -0.1) is 0 Å². The van der Waals surface area contributed by atoms with Gasteiger partial charge in [0.15, 0.2) is 5.60 Å². The molecule has 6 rings (SSSR count). The summed E-state index contributed by atoms with van der Waals surface area (Å²) in [5.74, 6) is -0.938. The Labute approximate surface area is 360 Å². The van der Waals surface area contributed by atoms with Gasteiger partial charge < -0.3 is 33.6 Å². The number of methoxy groups -OCH3 is 1. The predicted molar refractivity (Wildman–Crippen MR) is 235 cm³/mol. The third kappa shape index (κ3) is 11.5. The fraction of sp³-hybridized carbons (Fsp3) is 0.449. The van der Waals surface area contributed by atoms with E-state index in [2.05, 4.69) is 29.2 Å². The lowest BCUT2D eigenvalue weighted by Gasteiger charge is -2.44. The number of carbonyl (C=O) groups is 3. The number of likely N-dealkylation sites (N-methyl/N-ethyl adjacent to an activating group) is 1. The Morgan fingerprint density at radius 3 is 2.21 bits per heavy atom. The second kappa shape index (κ2) is 19.9. The minimum absolute atomic E-state index is 0.172. The number of likely N-dealkylation sites (tertiary alicyclic amines) is 1. The Kier molecular flexibility index (Phi) is 14.7. The molecule has 3 amide bonds. The summed E-state index contributed by atoms with van der Waals surface area (Å²) in [5, 5.41) is 0. The van der Waals surface area contributed by atoms with Crippen molar-refractivity contribution in [2.45, 2.75) is 90.6 Å². The zero-order valence-electron chi connectivity index (χ0n) is 36.7. The molecule has 0 radical (unpaired) electrons. The van der Waals surface area contributed by atoms with E-state index in [0.29, 0.717) is 57.3 Å². The molecule has 1 fully saturated rings. The van der Waals surface area contributed by atoms with Crippen LogP contribution in [-0.2, 0) is 27.4 Å². The van der Waals surface area contributed by atoms with E-state index < -0.39 is 35.1 Å². The van der Waals surface area contributed by atoms with Gasteiger partial charge in [-0.05, 0) is 82.9 Å². The number of nitrogens with zero attached hydrogens (tertiary/aromatic N) is 4. The van der Waals surface area contributed by atoms with Crippen LogP contribution >= 0.6 is 0 Å². The standard InChI is InChI=1S/C49H61FN4O7/c1-8-53(43-34-52(47(57)61-48(2,3)4)24-23-39(43)37-21-15-22-38(29-37)59-28-16-27-58-7)45(55)40-30-42-44(31-41(40)50)60-49(5,6)46(56)54(42)26-25-51(32-35-17-11-9-12-18-35)33-36-19-13-10-14-20-36/h9-15,17-22,29-31,39,43H,8,16,23-28,32-34H2,1-7H3. The first-order valence-electron chi connectivity index (χ1n) is 21.3. The normalized spacial score (nSPS) is 17.4. The summed E-state index contributed by atoms with van der Waals surface area (Å²) in [7, 11) is 1.65. The number of piperidine rings is 1. The predicted octanol–water partition coefficient (Wildman–Crippen LogP) is 8.70. The average molecular weight is 837 g/mol. The van der Waals surface area contributed by atoms with Crippen molar-refractivity contribution in [3.63, 3.8) is 0 Å². The second-order valence-electron chi connectivity index (χ2n) is 17.3. The van der Waals surface area contributed by atoms with Gasteiger partial charge in [0.25, 0.3) is 11.8 Å². The van der Waals surface area contributed by atoms with E-state index >= 15 is 4.39 Å². The number of halogens is 1. The summed E-state index contributed by atoms with van der Waals surface area (Å²) < 4.78 is 39.6. The molecule has 2 aliphatic heterocycles. The van der Waals surface area contributed by atoms with Gasteiger partial charge in [0.1, 0.15) is 22.9 Å². The molecule has 0 aliphatic carbocycles. The van der Waals surface area contributed by atoms with Crippen LogP contribution in [0, 0.1) is 5.82 Å². The molecule has 11 nitrogen and oxygen atoms in total. The van der Waals surface area contributed by atoms with Crippen molar-refractivity contribution in [2.24, 2.45) is 0 Å². The highest BCUT2D eigenvalue weighted by molar-refractivity contribution is 6.04. The van der Waals surface area contributed by atoms with E-state index in [4.69, 9.17) is 18.9 Å². The third-order valence-corrected chi connectivity index (χ3v) is 11.1. The van der Waals surface area contributed by atoms with Gasteiger partial charge in [0.2, 0.25) is 0 Å². The van der Waals surface area contributed by atoms with Crippen molar-refractivity contribution in [1.82, 2.24) is 14.7 Å². The number of amides is 3. The summed E-state index contributed by atoms with van der Waals surface area (Å²) >= 11 is 0. The number of anilines is 1.